The van der Waals surface area contributed by atoms with Crippen LogP contribution >= 0.6 is 15.9 Å². The fraction of sp³-hybridized carbons (Fsp3) is 0.0722. The minimum absolute atomic E-state index is 0. The molecule has 0 spiro atoms. The van der Waals surface area contributed by atoms with Gasteiger partial charge in [0.2, 0.25) is 0 Å². The Morgan fingerprint density at radius 2 is 0.523 bits per heavy atom. The molecule has 18 aromatic rings. The molecule has 16 aromatic carbocycles. The Bertz CT molecular complexity index is 6400. The zero-order chi connectivity index (χ0) is 71.8. The number of hydrogen-bond donors (Lipinski definition) is 2. The van der Waals surface area contributed by atoms with Crippen LogP contribution in [0.1, 0.15) is 57.4 Å². The first-order chi connectivity index (χ1) is 51.8. The monoisotopic (exact) mass is 1440 g/mol. The van der Waals surface area contributed by atoms with Crippen LogP contribution in [0.3, 0.4) is 0 Å². The Balaban J connectivity index is 0.000000128. The van der Waals surface area contributed by atoms with E-state index in [2.05, 4.69) is 206 Å². The molecule has 8 nitrogen and oxygen atoms in total. The van der Waals surface area contributed by atoms with E-state index in [9.17, 15) is 10.0 Å². The quantitative estimate of drug-likeness (QED) is 0.114. The summed E-state index contributed by atoms with van der Waals surface area (Å²) in [6.07, 6.45) is 0. The first-order valence-electron chi connectivity index (χ1n) is 35.8. The maximum atomic E-state index is 10.1. The molecule has 2 aromatic heterocycles. The molecule has 2 heterocycles. The third-order valence-corrected chi connectivity index (χ3v) is 21.8. The summed E-state index contributed by atoms with van der Waals surface area (Å²) in [6, 6.07) is 114. The fourth-order valence-electron chi connectivity index (χ4n) is 16.5. The number of benzene rings is 16. The van der Waals surface area contributed by atoms with E-state index in [1.165, 1.54) is 98.4 Å². The normalized spacial score (nSPS) is 12.7. The Hall–Kier alpha value is -12.4. The average molecular weight is 1440 g/mol. The average Bonchev–Trinajstić information content (AvgIpc) is 1.54. The molecule has 0 amide bonds. The van der Waals surface area contributed by atoms with Gasteiger partial charge in [-0.3, -0.25) is 0 Å². The van der Waals surface area contributed by atoms with E-state index in [4.69, 9.17) is 24.9 Å². The molecule has 2 N–H and O–H groups in total. The SMILES string of the molecule is Brc1cccc(-c2nc(-c3ccccc3)nc(-c3ccccc3)n2)c1.C.CC1(C)c2cc(-c3cccc(-c4nc(-c5ccccc5)nc(-c5ccccc5)n4)c3)c3ccccc3c2-c2c1c1ccccc1c1ccccc21.CC1(C)c2cc(B(O)O)c3ccccc3c2-c2c1c1ccccc1c1ccccc21. The molecule has 2 aliphatic rings. The van der Waals surface area contributed by atoms with Crippen molar-refractivity contribution in [3.8, 4) is 102 Å². The van der Waals surface area contributed by atoms with E-state index >= 15 is 0 Å². The molecule has 2 aliphatic carbocycles. The van der Waals surface area contributed by atoms with Crippen LogP contribution in [0.4, 0.5) is 0 Å². The van der Waals surface area contributed by atoms with E-state index < -0.39 is 7.12 Å². The second-order valence-corrected chi connectivity index (χ2v) is 29.2. The number of nitrogens with zero attached hydrogens (tertiary/aromatic N) is 6. The van der Waals surface area contributed by atoms with Crippen molar-refractivity contribution in [3.63, 3.8) is 0 Å². The van der Waals surface area contributed by atoms with E-state index in [-0.39, 0.29) is 18.3 Å². The largest absolute Gasteiger partial charge is 0.489 e. The fourth-order valence-corrected chi connectivity index (χ4v) is 16.9. The lowest BCUT2D eigenvalue weighted by Crippen LogP contribution is -2.32. The van der Waals surface area contributed by atoms with Crippen molar-refractivity contribution in [2.45, 2.75) is 46.0 Å². The van der Waals surface area contributed by atoms with Gasteiger partial charge in [0.25, 0.3) is 0 Å². The minimum Gasteiger partial charge on any atom is -0.423 e. The van der Waals surface area contributed by atoms with Crippen LogP contribution in [0.2, 0.25) is 0 Å². The summed E-state index contributed by atoms with van der Waals surface area (Å²) < 4.78 is 0.993. The van der Waals surface area contributed by atoms with Crippen LogP contribution in [0.5, 0.6) is 0 Å². The molecule has 0 atom stereocenters. The van der Waals surface area contributed by atoms with Crippen molar-refractivity contribution in [2.24, 2.45) is 0 Å². The van der Waals surface area contributed by atoms with Gasteiger partial charge in [0.05, 0.1) is 0 Å². The van der Waals surface area contributed by atoms with Crippen LogP contribution in [-0.2, 0) is 10.8 Å². The van der Waals surface area contributed by atoms with Crippen molar-refractivity contribution in [1.29, 1.82) is 0 Å². The van der Waals surface area contributed by atoms with Gasteiger partial charge in [0.1, 0.15) is 0 Å². The van der Waals surface area contributed by atoms with Gasteiger partial charge in [-0.2, -0.15) is 0 Å². The van der Waals surface area contributed by atoms with Crippen molar-refractivity contribution in [1.82, 2.24) is 29.9 Å². The van der Waals surface area contributed by atoms with Gasteiger partial charge in [-0.25, -0.2) is 29.9 Å². The third kappa shape index (κ3) is 11.8. The van der Waals surface area contributed by atoms with Crippen LogP contribution in [-0.4, -0.2) is 47.1 Å². The molecule has 0 radical (unpaired) electrons. The predicted octanol–water partition coefficient (Wildman–Crippen LogP) is 23.7. The van der Waals surface area contributed by atoms with Crippen LogP contribution in [0.25, 0.3) is 166 Å². The van der Waals surface area contributed by atoms with Gasteiger partial charge < -0.3 is 10.0 Å². The minimum atomic E-state index is -1.51. The first kappa shape index (κ1) is 67.7. The van der Waals surface area contributed by atoms with Crippen LogP contribution < -0.4 is 5.46 Å². The van der Waals surface area contributed by atoms with Gasteiger partial charge in [0.15, 0.2) is 34.9 Å². The molecule has 0 fully saturated rings. The van der Waals surface area contributed by atoms with E-state index in [1.54, 1.807) is 0 Å². The smallest absolute Gasteiger partial charge is 0.423 e. The molecule has 0 aliphatic heterocycles. The van der Waals surface area contributed by atoms with E-state index in [0.717, 1.165) is 59.8 Å². The second-order valence-electron chi connectivity index (χ2n) is 28.3. The molecule has 20 rings (SSSR count). The summed E-state index contributed by atoms with van der Waals surface area (Å²) in [5, 5.41) is 35.1. The summed E-state index contributed by atoms with van der Waals surface area (Å²) >= 11 is 3.52. The summed E-state index contributed by atoms with van der Waals surface area (Å²) in [4.78, 5) is 29.1. The maximum Gasteiger partial charge on any atom is 0.489 e. The standard InChI is InChI=1S/C48H33N3.C27H21BO2.C21H14BrN3.CH4/c1-48(2)41-29-40(36-24-10-12-25-37(36)42(41)43-38-26-13-9-22-34(38)35-23-11-14-27-39(35)44(43)48)32-20-15-21-33(28-32)47-50-45(30-16-5-3-6-17-30)49-46(51-47)31-18-7-4-8-19-31;1-27(2)22-15-23(28(29)30)18-11-5-7-13-20(18)24(22)25-19-12-6-3-9-16(19)17-10-4-8-14-21(17)26(25)27;22-18-13-7-12-17(14-18)21-24-19(15-8-3-1-4-9-15)23-20(25-21)16-10-5-2-6-11-16;/h3-29H,1-2H3;3-15,29-30H,1-2H3;1-14H;1H4. The van der Waals surface area contributed by atoms with E-state index in [0.29, 0.717) is 40.4 Å². The third-order valence-electron chi connectivity index (χ3n) is 21.3. The number of fused-ring (bicyclic) bond motifs is 20. The molecule has 512 valence electrons. The first-order valence-corrected chi connectivity index (χ1v) is 36.6. The van der Waals surface area contributed by atoms with Gasteiger partial charge in [0, 0.05) is 48.7 Å². The number of hydrogen-bond acceptors (Lipinski definition) is 8. The van der Waals surface area contributed by atoms with Gasteiger partial charge in [-0.15, -0.1) is 0 Å². The van der Waals surface area contributed by atoms with Gasteiger partial charge in [-0.1, -0.05) is 354 Å². The summed E-state index contributed by atoms with van der Waals surface area (Å²) in [6.45, 7) is 9.30. The topological polar surface area (TPSA) is 118 Å². The lowest BCUT2D eigenvalue weighted by molar-refractivity contribution is 0.426. The van der Waals surface area contributed by atoms with E-state index in [1.807, 2.05) is 170 Å². The Labute approximate surface area is 630 Å². The Morgan fingerprint density at radius 1 is 0.252 bits per heavy atom. The Morgan fingerprint density at radius 3 is 0.907 bits per heavy atom. The van der Waals surface area contributed by atoms with Crippen LogP contribution in [0, 0.1) is 0 Å². The van der Waals surface area contributed by atoms with Crippen molar-refractivity contribution in [3.05, 3.63) is 354 Å². The summed E-state index contributed by atoms with van der Waals surface area (Å²) in [7, 11) is -1.51. The molecular formula is C97H72BBrN6O2. The summed E-state index contributed by atoms with van der Waals surface area (Å²) in [5.74, 6) is 3.97. The van der Waals surface area contributed by atoms with Gasteiger partial charge >= 0.3 is 7.12 Å². The number of halogens is 1. The lowest BCUT2D eigenvalue weighted by Gasteiger charge is -2.25. The highest BCUT2D eigenvalue weighted by atomic mass is 79.9. The zero-order valence-corrected chi connectivity index (χ0v) is 60.3. The van der Waals surface area contributed by atoms with Crippen molar-refractivity contribution < 1.29 is 10.0 Å². The molecule has 0 bridgehead atoms. The molecule has 0 saturated carbocycles. The second kappa shape index (κ2) is 27.6. The maximum absolute atomic E-state index is 10.1. The lowest BCUT2D eigenvalue weighted by atomic mass is 9.72. The highest BCUT2D eigenvalue weighted by Crippen LogP contribution is 2.59. The van der Waals surface area contributed by atoms with Crippen LogP contribution in [0.15, 0.2) is 332 Å². The number of rotatable bonds is 8. The molecule has 10 heteroatoms. The highest BCUT2D eigenvalue weighted by molar-refractivity contribution is 9.10. The van der Waals surface area contributed by atoms with Gasteiger partial charge in [-0.05, 0) is 150 Å². The molecular weight excluding hydrogens is 1370 g/mol. The molecule has 0 saturated heterocycles. The highest BCUT2D eigenvalue weighted by Gasteiger charge is 2.42. The van der Waals surface area contributed by atoms with Crippen molar-refractivity contribution >= 4 is 93.1 Å². The number of aromatic nitrogens is 6. The molecule has 0 unspecified atom stereocenters. The Kier molecular flexibility index (Phi) is 17.4. The van der Waals surface area contributed by atoms with Crippen molar-refractivity contribution in [2.75, 3.05) is 0 Å². The summed E-state index contributed by atoms with van der Waals surface area (Å²) in [5.41, 5.74) is 18.7. The predicted molar refractivity (Wildman–Crippen MR) is 449 cm³/mol. The molecule has 107 heavy (non-hydrogen) atoms. The zero-order valence-electron chi connectivity index (χ0n) is 58.7.